The molecule has 1 aromatic heterocycles. The van der Waals surface area contributed by atoms with Crippen molar-refractivity contribution in [2.75, 3.05) is 24.7 Å². The first-order valence-electron chi connectivity index (χ1n) is 8.26. The summed E-state index contributed by atoms with van der Waals surface area (Å²) in [5.74, 6) is -0.395. The van der Waals surface area contributed by atoms with Crippen LogP contribution in [0.1, 0.15) is 6.92 Å². The lowest BCUT2D eigenvalue weighted by molar-refractivity contribution is -0.149. The molecular formula is C19H17BrN2O4S. The maximum absolute atomic E-state index is 12.4. The van der Waals surface area contributed by atoms with E-state index in [1.54, 1.807) is 18.2 Å². The van der Waals surface area contributed by atoms with Crippen LogP contribution in [0.15, 0.2) is 53.0 Å². The zero-order chi connectivity index (χ0) is 19.2. The second-order valence-corrected chi connectivity index (χ2v) is 7.43. The van der Waals surface area contributed by atoms with Crippen molar-refractivity contribution in [2.24, 2.45) is 0 Å². The average molecular weight is 449 g/mol. The fourth-order valence-electron chi connectivity index (χ4n) is 2.35. The molecule has 0 fully saturated rings. The fraction of sp³-hybridized carbons (Fsp3) is 0.211. The molecule has 0 bridgehead atoms. The lowest BCUT2D eigenvalue weighted by Crippen LogP contribution is -2.35. The van der Waals surface area contributed by atoms with Crippen LogP contribution in [0, 0.1) is 0 Å². The summed E-state index contributed by atoms with van der Waals surface area (Å²) in [6.07, 6.45) is 0. The van der Waals surface area contributed by atoms with Crippen LogP contribution in [0.4, 0.5) is 5.13 Å². The number of anilines is 1. The molecular weight excluding hydrogens is 432 g/mol. The van der Waals surface area contributed by atoms with E-state index < -0.39 is 5.97 Å². The number of thiazole rings is 1. The SMILES string of the molecule is CCN(C(=O)COC(=O)COc1cccc(Br)c1)c1nc2ccccc2s1. The van der Waals surface area contributed by atoms with Crippen molar-refractivity contribution in [1.29, 1.82) is 0 Å². The van der Waals surface area contributed by atoms with E-state index in [-0.39, 0.29) is 19.1 Å². The number of ether oxygens (including phenoxy) is 2. The maximum Gasteiger partial charge on any atom is 0.344 e. The summed E-state index contributed by atoms with van der Waals surface area (Å²) in [4.78, 5) is 30.3. The Labute approximate surface area is 168 Å². The van der Waals surface area contributed by atoms with E-state index in [0.717, 1.165) is 14.7 Å². The Morgan fingerprint density at radius 3 is 2.70 bits per heavy atom. The van der Waals surface area contributed by atoms with E-state index in [1.807, 2.05) is 37.3 Å². The number of hydrogen-bond acceptors (Lipinski definition) is 6. The first-order valence-corrected chi connectivity index (χ1v) is 9.87. The third kappa shape index (κ3) is 5.05. The monoisotopic (exact) mass is 448 g/mol. The van der Waals surface area contributed by atoms with Gasteiger partial charge in [0, 0.05) is 11.0 Å². The van der Waals surface area contributed by atoms with Gasteiger partial charge in [0.25, 0.3) is 5.91 Å². The van der Waals surface area contributed by atoms with Gasteiger partial charge < -0.3 is 9.47 Å². The van der Waals surface area contributed by atoms with Crippen LogP contribution in [-0.2, 0) is 14.3 Å². The second kappa shape index (κ2) is 8.96. The van der Waals surface area contributed by atoms with Crippen LogP contribution in [0.5, 0.6) is 5.75 Å². The molecule has 0 saturated heterocycles. The highest BCUT2D eigenvalue weighted by Crippen LogP contribution is 2.28. The molecule has 0 spiro atoms. The largest absolute Gasteiger partial charge is 0.482 e. The summed E-state index contributed by atoms with van der Waals surface area (Å²) in [5, 5.41) is 0.588. The number of carbonyl (C=O) groups excluding carboxylic acids is 2. The third-order valence-electron chi connectivity index (χ3n) is 3.64. The van der Waals surface area contributed by atoms with Gasteiger partial charge in [0.1, 0.15) is 5.75 Å². The van der Waals surface area contributed by atoms with Gasteiger partial charge in [0.05, 0.1) is 10.2 Å². The quantitative estimate of drug-likeness (QED) is 0.510. The molecule has 0 aliphatic rings. The average Bonchev–Trinajstić information content (AvgIpc) is 3.09. The molecule has 27 heavy (non-hydrogen) atoms. The Kier molecular flexibility index (Phi) is 6.41. The number of aromatic nitrogens is 1. The van der Waals surface area contributed by atoms with E-state index in [9.17, 15) is 9.59 Å². The lowest BCUT2D eigenvalue weighted by atomic mass is 10.3. The molecule has 1 heterocycles. The zero-order valence-corrected chi connectivity index (χ0v) is 17.0. The Bertz CT molecular complexity index is 927. The summed E-state index contributed by atoms with van der Waals surface area (Å²) in [5.41, 5.74) is 0.836. The normalized spacial score (nSPS) is 10.6. The topological polar surface area (TPSA) is 68.7 Å². The minimum absolute atomic E-state index is 0.267. The molecule has 140 valence electrons. The van der Waals surface area contributed by atoms with Gasteiger partial charge in [0.15, 0.2) is 18.3 Å². The van der Waals surface area contributed by atoms with Gasteiger partial charge in [-0.2, -0.15) is 0 Å². The van der Waals surface area contributed by atoms with Gasteiger partial charge in [-0.3, -0.25) is 9.69 Å². The number of esters is 1. The molecule has 0 aliphatic carbocycles. The van der Waals surface area contributed by atoms with Gasteiger partial charge in [-0.25, -0.2) is 9.78 Å². The highest BCUT2D eigenvalue weighted by atomic mass is 79.9. The maximum atomic E-state index is 12.4. The molecule has 0 aliphatic heterocycles. The fourth-order valence-corrected chi connectivity index (χ4v) is 3.78. The number of nitrogens with zero attached hydrogens (tertiary/aromatic N) is 2. The van der Waals surface area contributed by atoms with Crippen LogP contribution in [0.3, 0.4) is 0 Å². The van der Waals surface area contributed by atoms with E-state index in [0.29, 0.717) is 17.4 Å². The lowest BCUT2D eigenvalue weighted by Gasteiger charge is -2.17. The highest BCUT2D eigenvalue weighted by Gasteiger charge is 2.19. The molecule has 8 heteroatoms. The Morgan fingerprint density at radius 1 is 1.15 bits per heavy atom. The smallest absolute Gasteiger partial charge is 0.344 e. The number of carbonyl (C=O) groups is 2. The molecule has 2 aromatic carbocycles. The number of fused-ring (bicyclic) bond motifs is 1. The number of hydrogen-bond donors (Lipinski definition) is 0. The number of rotatable bonds is 7. The van der Waals surface area contributed by atoms with Crippen molar-refractivity contribution in [2.45, 2.75) is 6.92 Å². The summed E-state index contributed by atoms with van der Waals surface area (Å²) >= 11 is 4.75. The van der Waals surface area contributed by atoms with Crippen molar-refractivity contribution in [3.63, 3.8) is 0 Å². The Morgan fingerprint density at radius 2 is 1.96 bits per heavy atom. The van der Waals surface area contributed by atoms with E-state index in [1.165, 1.54) is 16.2 Å². The van der Waals surface area contributed by atoms with Crippen molar-refractivity contribution in [3.05, 3.63) is 53.0 Å². The minimum Gasteiger partial charge on any atom is -0.482 e. The van der Waals surface area contributed by atoms with Crippen LogP contribution >= 0.6 is 27.3 Å². The number of halogens is 1. The molecule has 0 atom stereocenters. The molecule has 6 nitrogen and oxygen atoms in total. The molecule has 3 rings (SSSR count). The third-order valence-corrected chi connectivity index (χ3v) is 5.19. The van der Waals surface area contributed by atoms with Crippen molar-refractivity contribution in [1.82, 2.24) is 4.98 Å². The number of amides is 1. The number of para-hydroxylation sites is 1. The van der Waals surface area contributed by atoms with Gasteiger partial charge in [0.2, 0.25) is 0 Å². The standard InChI is InChI=1S/C19H17BrN2O4S/c1-2-22(19-21-15-8-3-4-9-16(15)27-19)17(23)11-26-18(24)12-25-14-7-5-6-13(20)10-14/h3-10H,2,11-12H2,1H3. The zero-order valence-electron chi connectivity index (χ0n) is 14.6. The van der Waals surface area contributed by atoms with Crippen LogP contribution < -0.4 is 9.64 Å². The number of benzene rings is 2. The minimum atomic E-state index is -0.608. The Balaban J connectivity index is 1.54. The summed E-state index contributed by atoms with van der Waals surface area (Å²) in [6, 6.07) is 14.8. The molecule has 0 saturated carbocycles. The van der Waals surface area contributed by atoms with Crippen LogP contribution in [0.25, 0.3) is 10.2 Å². The Hall–Kier alpha value is -2.45. The van der Waals surface area contributed by atoms with E-state index >= 15 is 0 Å². The van der Waals surface area contributed by atoms with Crippen molar-refractivity contribution >= 4 is 54.5 Å². The molecule has 1 amide bonds. The molecule has 3 aromatic rings. The van der Waals surface area contributed by atoms with Gasteiger partial charge in [-0.1, -0.05) is 45.5 Å². The molecule has 0 unspecified atom stereocenters. The first kappa shape index (κ1) is 19.3. The predicted molar refractivity (Wildman–Crippen MR) is 108 cm³/mol. The molecule has 0 radical (unpaired) electrons. The number of likely N-dealkylation sites (N-methyl/N-ethyl adjacent to an activating group) is 1. The van der Waals surface area contributed by atoms with Crippen LogP contribution in [-0.4, -0.2) is 36.6 Å². The summed E-state index contributed by atoms with van der Waals surface area (Å²) < 4.78 is 12.2. The summed E-state index contributed by atoms with van der Waals surface area (Å²) in [7, 11) is 0. The van der Waals surface area contributed by atoms with Gasteiger partial charge >= 0.3 is 5.97 Å². The van der Waals surface area contributed by atoms with Crippen molar-refractivity contribution < 1.29 is 19.1 Å². The van der Waals surface area contributed by atoms with E-state index in [4.69, 9.17) is 9.47 Å². The van der Waals surface area contributed by atoms with Crippen molar-refractivity contribution in [3.8, 4) is 5.75 Å². The predicted octanol–water partition coefficient (Wildman–Crippen LogP) is 4.03. The highest BCUT2D eigenvalue weighted by molar-refractivity contribution is 9.10. The van der Waals surface area contributed by atoms with E-state index in [2.05, 4.69) is 20.9 Å². The van der Waals surface area contributed by atoms with Gasteiger partial charge in [-0.05, 0) is 37.3 Å². The van der Waals surface area contributed by atoms with Gasteiger partial charge in [-0.15, -0.1) is 0 Å². The molecule has 0 N–H and O–H groups in total. The second-order valence-electron chi connectivity index (χ2n) is 5.51. The first-order chi connectivity index (χ1) is 13.1. The van der Waals surface area contributed by atoms with Crippen LogP contribution in [0.2, 0.25) is 0 Å². The summed E-state index contributed by atoms with van der Waals surface area (Å²) in [6.45, 7) is 1.66.